The van der Waals surface area contributed by atoms with Crippen LogP contribution < -0.4 is 0 Å². The molecule has 0 aliphatic rings. The minimum atomic E-state index is -1.39. The van der Waals surface area contributed by atoms with Crippen LogP contribution in [0.15, 0.2) is 120 Å². The number of carbonyl (C=O) groups excluding carboxylic acids is 1. The van der Waals surface area contributed by atoms with Crippen molar-refractivity contribution >= 4 is 16.6 Å². The van der Waals surface area contributed by atoms with Crippen molar-refractivity contribution in [3.63, 3.8) is 0 Å². The summed E-state index contributed by atoms with van der Waals surface area (Å²) < 4.78 is 13.1. The predicted octanol–water partition coefficient (Wildman–Crippen LogP) is 5.99. The van der Waals surface area contributed by atoms with Gasteiger partial charge in [-0.3, -0.25) is 13.9 Å². The highest BCUT2D eigenvalue weighted by Gasteiger charge is 2.28. The smallest absolute Gasteiger partial charge is 0.163 e. The molecule has 0 spiro atoms. The molecule has 0 bridgehead atoms. The summed E-state index contributed by atoms with van der Waals surface area (Å²) >= 11 is 0. The van der Waals surface area contributed by atoms with Gasteiger partial charge in [0.25, 0.3) is 0 Å². The summed E-state index contributed by atoms with van der Waals surface area (Å²) in [4.78, 5) is 16.7. The minimum absolute atomic E-state index is 0.000348. The molecule has 0 radical (unpaired) electrons. The van der Waals surface area contributed by atoms with E-state index >= 15 is 0 Å². The second kappa shape index (κ2) is 12.4. The Morgan fingerprint density at radius 3 is 1.63 bits per heavy atom. The molecule has 0 aliphatic carbocycles. The normalized spacial score (nSPS) is 12.9. The first kappa shape index (κ1) is 24.8. The van der Waals surface area contributed by atoms with Gasteiger partial charge in [0.15, 0.2) is 5.78 Å². The zero-order valence-electron chi connectivity index (χ0n) is 20.0. The summed E-state index contributed by atoms with van der Waals surface area (Å²) in [7, 11) is -1.39. The van der Waals surface area contributed by atoms with E-state index in [1.807, 2.05) is 85.8 Å². The third-order valence-corrected chi connectivity index (χ3v) is 7.44. The lowest BCUT2D eigenvalue weighted by atomic mass is 9.99. The molecule has 0 heterocycles. The largest absolute Gasteiger partial charge is 0.297 e. The van der Waals surface area contributed by atoms with Gasteiger partial charge in [0.2, 0.25) is 0 Å². The lowest BCUT2D eigenvalue weighted by molar-refractivity contribution is -0.122. The first-order chi connectivity index (χ1) is 17.1. The third kappa shape index (κ3) is 7.32. The predicted molar refractivity (Wildman–Crippen MR) is 144 cm³/mol. The standard InChI is InChI=1S/C31H31NO2S/c1-25-17-19-29(20-18-25)35(34)24-31(33)30(21-26-11-5-2-6-12-26)32(22-27-13-7-3-8-14-27)23-28-15-9-4-10-16-28/h2-20,30H,21-24H2,1H3/t30-,35?/m0/s1. The van der Waals surface area contributed by atoms with Gasteiger partial charge in [-0.2, -0.15) is 0 Å². The van der Waals surface area contributed by atoms with E-state index in [9.17, 15) is 9.00 Å². The molecule has 4 aromatic rings. The van der Waals surface area contributed by atoms with Crippen molar-refractivity contribution in [2.24, 2.45) is 0 Å². The monoisotopic (exact) mass is 481 g/mol. The number of rotatable bonds is 11. The summed E-state index contributed by atoms with van der Waals surface area (Å²) in [6.45, 7) is 3.27. The molecule has 1 unspecified atom stereocenters. The van der Waals surface area contributed by atoms with Crippen LogP contribution in [0, 0.1) is 6.92 Å². The van der Waals surface area contributed by atoms with Gasteiger partial charge >= 0.3 is 0 Å². The van der Waals surface area contributed by atoms with Crippen LogP contribution >= 0.6 is 0 Å². The molecular formula is C31H31NO2S. The van der Waals surface area contributed by atoms with Gasteiger partial charge in [-0.15, -0.1) is 0 Å². The summed E-state index contributed by atoms with van der Waals surface area (Å²) in [5.41, 5.74) is 4.50. The van der Waals surface area contributed by atoms with Gasteiger partial charge in [-0.1, -0.05) is 109 Å². The van der Waals surface area contributed by atoms with Crippen LogP contribution in [0.25, 0.3) is 0 Å². The molecular weight excluding hydrogens is 450 g/mol. The molecule has 0 amide bonds. The van der Waals surface area contributed by atoms with E-state index in [2.05, 4.69) is 41.3 Å². The number of Topliss-reactive ketones (excluding diaryl/α,β-unsaturated/α-hetero) is 1. The highest BCUT2D eigenvalue weighted by molar-refractivity contribution is 7.85. The van der Waals surface area contributed by atoms with E-state index in [0.29, 0.717) is 24.4 Å². The Bertz CT molecular complexity index is 1180. The molecule has 178 valence electrons. The Kier molecular flexibility index (Phi) is 8.77. The molecule has 0 aliphatic heterocycles. The minimum Gasteiger partial charge on any atom is -0.297 e. The number of benzene rings is 4. The van der Waals surface area contributed by atoms with Crippen molar-refractivity contribution in [1.29, 1.82) is 0 Å². The average molecular weight is 482 g/mol. The topological polar surface area (TPSA) is 37.4 Å². The zero-order chi connectivity index (χ0) is 24.5. The first-order valence-corrected chi connectivity index (χ1v) is 13.2. The summed E-state index contributed by atoms with van der Waals surface area (Å²) in [5, 5.41) is 0. The van der Waals surface area contributed by atoms with Gasteiger partial charge in [-0.05, 0) is 42.2 Å². The molecule has 3 nitrogen and oxygen atoms in total. The Morgan fingerprint density at radius 2 is 1.14 bits per heavy atom. The maximum atomic E-state index is 13.8. The lowest BCUT2D eigenvalue weighted by Gasteiger charge is -2.31. The van der Waals surface area contributed by atoms with Crippen LogP contribution in [0.3, 0.4) is 0 Å². The fourth-order valence-corrected chi connectivity index (χ4v) is 5.25. The average Bonchev–Trinajstić information content (AvgIpc) is 2.89. The van der Waals surface area contributed by atoms with Crippen LogP contribution in [0.5, 0.6) is 0 Å². The molecule has 4 rings (SSSR count). The van der Waals surface area contributed by atoms with Crippen molar-refractivity contribution in [3.8, 4) is 0 Å². The highest BCUT2D eigenvalue weighted by Crippen LogP contribution is 2.19. The van der Waals surface area contributed by atoms with E-state index in [1.54, 1.807) is 0 Å². The molecule has 35 heavy (non-hydrogen) atoms. The number of aryl methyl sites for hydroxylation is 1. The second-order valence-corrected chi connectivity index (χ2v) is 10.3. The van der Waals surface area contributed by atoms with E-state index in [0.717, 1.165) is 22.3 Å². The third-order valence-electron chi connectivity index (χ3n) is 6.10. The van der Waals surface area contributed by atoms with E-state index in [1.165, 1.54) is 0 Å². The molecule has 0 N–H and O–H groups in total. The quantitative estimate of drug-likeness (QED) is 0.264. The Morgan fingerprint density at radius 1 is 0.686 bits per heavy atom. The Labute approximate surface area is 210 Å². The van der Waals surface area contributed by atoms with Crippen LogP contribution in [-0.4, -0.2) is 26.7 Å². The molecule has 0 saturated carbocycles. The van der Waals surface area contributed by atoms with Crippen LogP contribution in [-0.2, 0) is 35.1 Å². The van der Waals surface area contributed by atoms with E-state index in [-0.39, 0.29) is 11.5 Å². The summed E-state index contributed by atoms with van der Waals surface area (Å²) in [6, 6.07) is 37.8. The van der Waals surface area contributed by atoms with Gasteiger partial charge in [-0.25, -0.2) is 0 Å². The van der Waals surface area contributed by atoms with Crippen LogP contribution in [0.4, 0.5) is 0 Å². The molecule has 2 atom stereocenters. The Hall–Kier alpha value is -3.34. The SMILES string of the molecule is Cc1ccc(S(=O)CC(=O)[C@H](Cc2ccccc2)N(Cc2ccccc2)Cc2ccccc2)cc1. The van der Waals surface area contributed by atoms with Gasteiger partial charge < -0.3 is 0 Å². The highest BCUT2D eigenvalue weighted by atomic mass is 32.2. The number of ketones is 1. The first-order valence-electron chi connectivity index (χ1n) is 11.9. The van der Waals surface area contributed by atoms with Crippen molar-refractivity contribution in [1.82, 2.24) is 4.90 Å². The van der Waals surface area contributed by atoms with Gasteiger partial charge in [0.05, 0.1) is 22.6 Å². The number of hydrogen-bond acceptors (Lipinski definition) is 3. The van der Waals surface area contributed by atoms with E-state index in [4.69, 9.17) is 0 Å². The van der Waals surface area contributed by atoms with Crippen molar-refractivity contribution in [2.45, 2.75) is 37.4 Å². The molecule has 0 saturated heterocycles. The van der Waals surface area contributed by atoms with Crippen LogP contribution in [0.2, 0.25) is 0 Å². The van der Waals surface area contributed by atoms with Crippen LogP contribution in [0.1, 0.15) is 22.3 Å². The number of hydrogen-bond donors (Lipinski definition) is 0. The van der Waals surface area contributed by atoms with Gasteiger partial charge in [0, 0.05) is 18.0 Å². The second-order valence-electron chi connectivity index (χ2n) is 8.85. The molecule has 0 aromatic heterocycles. The maximum Gasteiger partial charge on any atom is 0.163 e. The summed E-state index contributed by atoms with van der Waals surface area (Å²) in [6.07, 6.45) is 0.574. The fraction of sp³-hybridized carbons (Fsp3) is 0.194. The lowest BCUT2D eigenvalue weighted by Crippen LogP contribution is -2.43. The van der Waals surface area contributed by atoms with E-state index < -0.39 is 16.8 Å². The van der Waals surface area contributed by atoms with Crippen molar-refractivity contribution in [3.05, 3.63) is 138 Å². The molecule has 4 heteroatoms. The van der Waals surface area contributed by atoms with Gasteiger partial charge in [0.1, 0.15) is 0 Å². The summed E-state index contributed by atoms with van der Waals surface area (Å²) in [5.74, 6) is 0.000287. The fourth-order valence-electron chi connectivity index (χ4n) is 4.19. The number of carbonyl (C=O) groups is 1. The maximum absolute atomic E-state index is 13.8. The number of nitrogens with zero attached hydrogens (tertiary/aromatic N) is 1. The molecule has 4 aromatic carbocycles. The van der Waals surface area contributed by atoms with Crippen molar-refractivity contribution < 1.29 is 9.00 Å². The Balaban J connectivity index is 1.64. The van der Waals surface area contributed by atoms with Crippen molar-refractivity contribution in [2.75, 3.05) is 5.75 Å². The molecule has 0 fully saturated rings. The zero-order valence-corrected chi connectivity index (χ0v) is 20.9.